The van der Waals surface area contributed by atoms with Crippen molar-refractivity contribution in [3.63, 3.8) is 0 Å². The molecular formula is C35H40F3N5O10S. The molecule has 19 heteroatoms. The summed E-state index contributed by atoms with van der Waals surface area (Å²) in [7, 11) is -2.73. The summed E-state index contributed by atoms with van der Waals surface area (Å²) >= 11 is 0. The van der Waals surface area contributed by atoms with Gasteiger partial charge in [-0.05, 0) is 63.6 Å². The van der Waals surface area contributed by atoms with Gasteiger partial charge in [0.25, 0.3) is 5.91 Å². The maximum atomic E-state index is 14.5. The van der Waals surface area contributed by atoms with Crippen molar-refractivity contribution in [1.82, 2.24) is 25.2 Å². The highest BCUT2D eigenvalue weighted by molar-refractivity contribution is 7.91. The first-order valence-electron chi connectivity index (χ1n) is 17.7. The number of carboxylic acid groups (broad SMARTS) is 1. The van der Waals surface area contributed by atoms with Gasteiger partial charge in [0.2, 0.25) is 21.8 Å². The minimum Gasteiger partial charge on any atom is -0.497 e. The van der Waals surface area contributed by atoms with Crippen molar-refractivity contribution in [2.45, 2.75) is 98.9 Å². The number of halogens is 3. The lowest BCUT2D eigenvalue weighted by atomic mass is 9.98. The van der Waals surface area contributed by atoms with E-state index in [0.29, 0.717) is 44.3 Å². The van der Waals surface area contributed by atoms with Crippen molar-refractivity contribution < 1.29 is 60.1 Å². The molecule has 5 aliphatic rings. The Balaban J connectivity index is 1.27. The fraction of sp³-hybridized carbons (Fsp3) is 0.571. The molecule has 4 amide bonds. The number of carbonyl (C=O) groups excluding carboxylic acids is 3. The van der Waals surface area contributed by atoms with Crippen molar-refractivity contribution in [3.8, 4) is 17.2 Å². The monoisotopic (exact) mass is 779 g/mol. The van der Waals surface area contributed by atoms with Crippen LogP contribution >= 0.6 is 0 Å². The summed E-state index contributed by atoms with van der Waals surface area (Å²) in [4.78, 5) is 59.1. The molecule has 5 atom stereocenters. The fourth-order valence-corrected chi connectivity index (χ4v) is 8.83. The van der Waals surface area contributed by atoms with Gasteiger partial charge < -0.3 is 34.9 Å². The van der Waals surface area contributed by atoms with E-state index >= 15 is 0 Å². The number of ether oxygens (including phenoxy) is 3. The van der Waals surface area contributed by atoms with E-state index in [0.717, 1.165) is 4.90 Å². The molecule has 2 aromatic rings. The Morgan fingerprint density at radius 2 is 1.89 bits per heavy atom. The second kappa shape index (κ2) is 13.2. The number of nitrogens with one attached hydrogen (secondary N) is 3. The van der Waals surface area contributed by atoms with E-state index in [1.54, 1.807) is 6.08 Å². The first-order valence-corrected chi connectivity index (χ1v) is 19.2. The quantitative estimate of drug-likeness (QED) is 0.324. The van der Waals surface area contributed by atoms with Crippen molar-refractivity contribution >= 4 is 44.7 Å². The van der Waals surface area contributed by atoms with Crippen LogP contribution in [-0.2, 0) is 30.6 Å². The lowest BCUT2D eigenvalue weighted by Crippen LogP contribution is -2.58. The number of aromatic nitrogens is 1. The van der Waals surface area contributed by atoms with Crippen LogP contribution in [0, 0.1) is 5.92 Å². The average molecular weight is 780 g/mol. The number of fused-ring (bicyclic) bond motifs is 5. The van der Waals surface area contributed by atoms with E-state index in [-0.39, 0.29) is 29.5 Å². The standard InChI is InChI=1S/C35H40F3N5O10S/c1-32(12-13-32)54(49,50)42-30(46)34-15-19(34)8-6-4-3-5-7-9-23(40-31(47)48)29(45)43-17-33(16-24(43)28(44)41-34)18-52-25-21-14-20(51-2)10-11-22(21)39-27(26(25)53-33)35(36,37)38/h6,8,10-11,14,19,23-24,40H,3-5,7,9,12-13,15-18H2,1-2H3,(H,41,44)(H,42,46)(H,47,48)/b8-6+/t19-,23-,24-,33+,34+/m0/s1. The zero-order valence-corrected chi connectivity index (χ0v) is 30.3. The number of hydrogen-bond donors (Lipinski definition) is 4. The van der Waals surface area contributed by atoms with Crippen LogP contribution in [0.15, 0.2) is 30.4 Å². The number of alkyl halides is 3. The van der Waals surface area contributed by atoms with Gasteiger partial charge in [-0.15, -0.1) is 0 Å². The Hall–Kier alpha value is -4.81. The zero-order chi connectivity index (χ0) is 38.8. The molecule has 3 fully saturated rings. The van der Waals surface area contributed by atoms with Crippen LogP contribution in [-0.4, -0.2) is 95.5 Å². The first-order chi connectivity index (χ1) is 25.4. The van der Waals surface area contributed by atoms with Crippen molar-refractivity contribution in [1.29, 1.82) is 0 Å². The largest absolute Gasteiger partial charge is 0.497 e. The van der Waals surface area contributed by atoms with Crippen molar-refractivity contribution in [2.75, 3.05) is 20.3 Å². The van der Waals surface area contributed by atoms with Gasteiger partial charge >= 0.3 is 12.3 Å². The number of carbonyl (C=O) groups is 4. The maximum absolute atomic E-state index is 14.5. The van der Waals surface area contributed by atoms with Gasteiger partial charge in [0.1, 0.15) is 30.0 Å². The molecule has 292 valence electrons. The van der Waals surface area contributed by atoms with Crippen LogP contribution in [0.3, 0.4) is 0 Å². The SMILES string of the molecule is COc1ccc2nc(C(F)(F)F)c3c(c2c1)OC[C@]1(C[C@H]2C(=O)N[C@]4(C(=O)NS(=O)(=O)C5(C)CC5)C[C@@H]4/C=C/CCCCC[C@H](NC(=O)O)C(=O)N2C1)O3. The van der Waals surface area contributed by atoms with Crippen LogP contribution in [0.25, 0.3) is 10.9 Å². The summed E-state index contributed by atoms with van der Waals surface area (Å²) in [6.07, 6.45) is -0.292. The maximum Gasteiger partial charge on any atom is 0.437 e. The number of pyridine rings is 1. The van der Waals surface area contributed by atoms with E-state index in [4.69, 9.17) is 14.2 Å². The number of allylic oxidation sites excluding steroid dienone is 1. The number of nitrogens with zero attached hydrogens (tertiary/aromatic N) is 2. The molecule has 54 heavy (non-hydrogen) atoms. The molecule has 15 nitrogen and oxygen atoms in total. The predicted molar refractivity (Wildman–Crippen MR) is 183 cm³/mol. The molecular weight excluding hydrogens is 739 g/mol. The molecule has 2 saturated carbocycles. The molecule has 4 N–H and O–H groups in total. The molecule has 0 radical (unpaired) electrons. The van der Waals surface area contributed by atoms with Crippen LogP contribution in [0.5, 0.6) is 17.2 Å². The lowest BCUT2D eigenvalue weighted by Gasteiger charge is -2.36. The highest BCUT2D eigenvalue weighted by Crippen LogP contribution is 2.51. The number of hydrogen-bond acceptors (Lipinski definition) is 10. The number of methoxy groups -OCH3 is 1. The van der Waals surface area contributed by atoms with Crippen LogP contribution < -0.4 is 29.6 Å². The number of amides is 4. The second-order valence-corrected chi connectivity index (χ2v) is 17.2. The van der Waals surface area contributed by atoms with Gasteiger partial charge in [-0.3, -0.25) is 19.1 Å². The summed E-state index contributed by atoms with van der Waals surface area (Å²) in [5.74, 6) is -3.99. The third kappa shape index (κ3) is 6.74. The predicted octanol–water partition coefficient (Wildman–Crippen LogP) is 3.40. The normalized spacial score (nSPS) is 29.9. The van der Waals surface area contributed by atoms with E-state index in [1.807, 2.05) is 6.08 Å². The molecule has 1 aromatic heterocycles. The molecule has 0 unspecified atom stereocenters. The second-order valence-electron chi connectivity index (χ2n) is 15.0. The summed E-state index contributed by atoms with van der Waals surface area (Å²) in [5, 5.41) is 14.7. The van der Waals surface area contributed by atoms with Gasteiger partial charge in [0.05, 0.1) is 23.9 Å². The Morgan fingerprint density at radius 3 is 2.57 bits per heavy atom. The summed E-state index contributed by atoms with van der Waals surface area (Å²) in [6, 6.07) is 1.39. The third-order valence-electron chi connectivity index (χ3n) is 11.1. The first kappa shape index (κ1) is 37.5. The average Bonchev–Trinajstić information content (AvgIpc) is 4.00. The van der Waals surface area contributed by atoms with Crippen molar-refractivity contribution in [3.05, 3.63) is 36.0 Å². The van der Waals surface area contributed by atoms with Gasteiger partial charge in [-0.25, -0.2) is 18.2 Å². The summed E-state index contributed by atoms with van der Waals surface area (Å²) < 4.78 is 88.3. The third-order valence-corrected chi connectivity index (χ3v) is 13.2. The van der Waals surface area contributed by atoms with Gasteiger partial charge in [0, 0.05) is 17.7 Å². The van der Waals surface area contributed by atoms with Crippen LogP contribution in [0.4, 0.5) is 18.0 Å². The van der Waals surface area contributed by atoms with E-state index in [2.05, 4.69) is 20.3 Å². The van der Waals surface area contributed by atoms with Crippen LogP contribution in [0.1, 0.15) is 70.4 Å². The molecule has 7 rings (SSSR count). The summed E-state index contributed by atoms with van der Waals surface area (Å²) in [6.45, 7) is 0.585. The Bertz CT molecular complexity index is 2060. The minimum absolute atomic E-state index is 0.0481. The summed E-state index contributed by atoms with van der Waals surface area (Å²) in [5.41, 5.74) is -4.92. The zero-order valence-electron chi connectivity index (χ0n) is 29.5. The van der Waals surface area contributed by atoms with Crippen LogP contribution in [0.2, 0.25) is 0 Å². The van der Waals surface area contributed by atoms with Crippen molar-refractivity contribution in [2.24, 2.45) is 5.92 Å². The molecule has 1 aromatic carbocycles. The fourth-order valence-electron chi connectivity index (χ4n) is 7.51. The molecule has 3 aliphatic heterocycles. The lowest BCUT2D eigenvalue weighted by molar-refractivity contribution is -0.145. The Morgan fingerprint density at radius 1 is 1.13 bits per heavy atom. The van der Waals surface area contributed by atoms with Gasteiger partial charge in [0.15, 0.2) is 22.8 Å². The highest BCUT2D eigenvalue weighted by atomic mass is 32.2. The number of benzene rings is 1. The number of sulfonamides is 1. The smallest absolute Gasteiger partial charge is 0.437 e. The molecule has 1 spiro atoms. The van der Waals surface area contributed by atoms with Gasteiger partial charge in [-0.1, -0.05) is 25.0 Å². The minimum atomic E-state index is -5.02. The topological polar surface area (TPSA) is 203 Å². The molecule has 1 saturated heterocycles. The Labute approximate surface area is 308 Å². The molecule has 4 heterocycles. The number of rotatable bonds is 5. The highest BCUT2D eigenvalue weighted by Gasteiger charge is 2.64. The Kier molecular flexibility index (Phi) is 9.16. The van der Waals surface area contributed by atoms with E-state index in [1.165, 1.54) is 32.2 Å². The van der Waals surface area contributed by atoms with Gasteiger partial charge in [-0.2, -0.15) is 13.2 Å². The van der Waals surface area contributed by atoms with E-state index < -0.39 is 105 Å². The molecule has 2 aliphatic carbocycles. The molecule has 0 bridgehead atoms. The van der Waals surface area contributed by atoms with E-state index in [9.17, 15) is 45.9 Å².